The Morgan fingerprint density at radius 2 is 2.07 bits per heavy atom. The van der Waals surface area contributed by atoms with E-state index in [9.17, 15) is 4.79 Å². The van der Waals surface area contributed by atoms with Gasteiger partial charge in [0.15, 0.2) is 0 Å². The molecule has 14 heavy (non-hydrogen) atoms. The molecule has 82 valence electrons. The minimum absolute atomic E-state index is 0.185. The number of carboxylic acids is 1. The summed E-state index contributed by atoms with van der Waals surface area (Å²) in [5, 5.41) is 9.10. The van der Waals surface area contributed by atoms with Gasteiger partial charge in [-0.15, -0.1) is 0 Å². The third kappa shape index (κ3) is 3.29. The van der Waals surface area contributed by atoms with Crippen LogP contribution in [0.5, 0.6) is 0 Å². The lowest BCUT2D eigenvalue weighted by atomic mass is 9.79. The second-order valence-electron chi connectivity index (χ2n) is 4.12. The van der Waals surface area contributed by atoms with E-state index in [0.29, 0.717) is 18.9 Å². The second kappa shape index (κ2) is 6.02. The molecule has 1 rings (SSSR count). The highest BCUT2D eigenvalue weighted by atomic mass is 16.5. The maximum atomic E-state index is 11.0. The quantitative estimate of drug-likeness (QED) is 0.740. The average Bonchev–Trinajstić information content (AvgIpc) is 2.19. The van der Waals surface area contributed by atoms with Crippen molar-refractivity contribution in [3.8, 4) is 0 Å². The fraction of sp³-hybridized carbons (Fsp3) is 0.909. The lowest BCUT2D eigenvalue weighted by Gasteiger charge is -2.27. The fourth-order valence-electron chi connectivity index (χ4n) is 2.34. The van der Waals surface area contributed by atoms with Crippen molar-refractivity contribution in [1.29, 1.82) is 0 Å². The van der Waals surface area contributed by atoms with Crippen LogP contribution in [-0.2, 0) is 9.53 Å². The van der Waals surface area contributed by atoms with E-state index in [1.54, 1.807) is 7.11 Å². The zero-order valence-corrected chi connectivity index (χ0v) is 8.87. The van der Waals surface area contributed by atoms with Crippen LogP contribution < -0.4 is 0 Å². The summed E-state index contributed by atoms with van der Waals surface area (Å²) in [6.45, 7) is 0.563. The van der Waals surface area contributed by atoms with E-state index in [1.165, 1.54) is 19.3 Å². The zero-order chi connectivity index (χ0) is 10.4. The molecule has 3 nitrogen and oxygen atoms in total. The summed E-state index contributed by atoms with van der Waals surface area (Å²) in [6, 6.07) is 0. The van der Waals surface area contributed by atoms with Crippen LogP contribution in [0.2, 0.25) is 0 Å². The summed E-state index contributed by atoms with van der Waals surface area (Å²) < 4.78 is 4.95. The molecule has 1 aliphatic rings. The summed E-state index contributed by atoms with van der Waals surface area (Å²) in [5.74, 6) is -0.444. The number of carbonyl (C=O) groups is 1. The number of hydrogen-bond donors (Lipinski definition) is 1. The van der Waals surface area contributed by atoms with Gasteiger partial charge in [-0.25, -0.2) is 0 Å². The molecule has 0 aromatic heterocycles. The normalized spacial score (nSPS) is 20.6. The molecular formula is C11H20O3. The molecular weight excluding hydrogens is 180 g/mol. The SMILES string of the molecule is COCCC(C(=O)O)C1CCCCC1. The first-order valence-corrected chi connectivity index (χ1v) is 5.47. The molecule has 0 amide bonds. The summed E-state index contributed by atoms with van der Waals surface area (Å²) in [4.78, 5) is 11.0. The predicted octanol–water partition coefficient (Wildman–Crippen LogP) is 2.30. The Hall–Kier alpha value is -0.570. The zero-order valence-electron chi connectivity index (χ0n) is 8.87. The highest BCUT2D eigenvalue weighted by Gasteiger charge is 2.28. The van der Waals surface area contributed by atoms with Crippen molar-refractivity contribution < 1.29 is 14.6 Å². The number of rotatable bonds is 5. The Balaban J connectivity index is 2.43. The van der Waals surface area contributed by atoms with Gasteiger partial charge in [0.25, 0.3) is 0 Å². The van der Waals surface area contributed by atoms with Gasteiger partial charge in [0, 0.05) is 13.7 Å². The van der Waals surface area contributed by atoms with Gasteiger partial charge in [-0.1, -0.05) is 19.3 Å². The molecule has 1 fully saturated rings. The van der Waals surface area contributed by atoms with Crippen LogP contribution in [0.15, 0.2) is 0 Å². The van der Waals surface area contributed by atoms with Crippen molar-refractivity contribution in [3.05, 3.63) is 0 Å². The van der Waals surface area contributed by atoms with Crippen molar-refractivity contribution in [2.45, 2.75) is 38.5 Å². The van der Waals surface area contributed by atoms with E-state index < -0.39 is 5.97 Å². The van der Waals surface area contributed by atoms with Crippen LogP contribution >= 0.6 is 0 Å². The van der Waals surface area contributed by atoms with E-state index in [1.807, 2.05) is 0 Å². The van der Waals surface area contributed by atoms with Gasteiger partial charge in [0.1, 0.15) is 0 Å². The van der Waals surface area contributed by atoms with Crippen molar-refractivity contribution in [2.75, 3.05) is 13.7 Å². The highest BCUT2D eigenvalue weighted by molar-refractivity contribution is 5.70. The van der Waals surface area contributed by atoms with Crippen LogP contribution in [0.1, 0.15) is 38.5 Å². The Kier molecular flexibility index (Phi) is 4.94. The van der Waals surface area contributed by atoms with E-state index in [-0.39, 0.29) is 5.92 Å². The topological polar surface area (TPSA) is 46.5 Å². The molecule has 3 heteroatoms. The molecule has 1 atom stereocenters. The lowest BCUT2D eigenvalue weighted by molar-refractivity contribution is -0.145. The summed E-state index contributed by atoms with van der Waals surface area (Å²) >= 11 is 0. The standard InChI is InChI=1S/C11H20O3/c1-14-8-7-10(11(12)13)9-5-3-2-4-6-9/h9-10H,2-8H2,1H3,(H,12,13). The molecule has 1 saturated carbocycles. The smallest absolute Gasteiger partial charge is 0.306 e. The monoisotopic (exact) mass is 200 g/mol. The highest BCUT2D eigenvalue weighted by Crippen LogP contribution is 2.31. The predicted molar refractivity (Wildman–Crippen MR) is 54.2 cm³/mol. The molecule has 0 aliphatic heterocycles. The van der Waals surface area contributed by atoms with Crippen LogP contribution in [-0.4, -0.2) is 24.8 Å². The molecule has 0 aromatic carbocycles. The van der Waals surface area contributed by atoms with Crippen molar-refractivity contribution in [1.82, 2.24) is 0 Å². The largest absolute Gasteiger partial charge is 0.481 e. The molecule has 0 saturated heterocycles. The number of ether oxygens (including phenoxy) is 1. The van der Waals surface area contributed by atoms with Crippen LogP contribution in [0.4, 0.5) is 0 Å². The van der Waals surface area contributed by atoms with E-state index in [2.05, 4.69) is 0 Å². The maximum absolute atomic E-state index is 11.0. The Morgan fingerprint density at radius 3 is 2.57 bits per heavy atom. The lowest BCUT2D eigenvalue weighted by Crippen LogP contribution is -2.26. The van der Waals surface area contributed by atoms with Crippen molar-refractivity contribution in [2.24, 2.45) is 11.8 Å². The van der Waals surface area contributed by atoms with Crippen LogP contribution in [0.25, 0.3) is 0 Å². The van der Waals surface area contributed by atoms with E-state index in [0.717, 1.165) is 12.8 Å². The van der Waals surface area contributed by atoms with Gasteiger partial charge in [0.05, 0.1) is 5.92 Å². The van der Waals surface area contributed by atoms with Gasteiger partial charge in [-0.3, -0.25) is 4.79 Å². The molecule has 0 radical (unpaired) electrons. The molecule has 0 spiro atoms. The first-order valence-electron chi connectivity index (χ1n) is 5.47. The maximum Gasteiger partial charge on any atom is 0.306 e. The van der Waals surface area contributed by atoms with Gasteiger partial charge >= 0.3 is 5.97 Å². The van der Waals surface area contributed by atoms with E-state index in [4.69, 9.17) is 9.84 Å². The summed E-state index contributed by atoms with van der Waals surface area (Å²) in [5.41, 5.74) is 0. The molecule has 1 N–H and O–H groups in total. The third-order valence-electron chi connectivity index (χ3n) is 3.17. The Morgan fingerprint density at radius 1 is 1.43 bits per heavy atom. The van der Waals surface area contributed by atoms with Crippen molar-refractivity contribution >= 4 is 5.97 Å². The minimum Gasteiger partial charge on any atom is -0.481 e. The fourth-order valence-corrected chi connectivity index (χ4v) is 2.34. The second-order valence-corrected chi connectivity index (χ2v) is 4.12. The van der Waals surface area contributed by atoms with E-state index >= 15 is 0 Å². The third-order valence-corrected chi connectivity index (χ3v) is 3.17. The molecule has 1 aliphatic carbocycles. The van der Waals surface area contributed by atoms with Gasteiger partial charge in [0.2, 0.25) is 0 Å². The first kappa shape index (κ1) is 11.5. The van der Waals surface area contributed by atoms with Crippen LogP contribution in [0.3, 0.4) is 0 Å². The number of aliphatic carboxylic acids is 1. The Bertz CT molecular complexity index is 173. The molecule has 0 heterocycles. The number of carboxylic acid groups (broad SMARTS) is 1. The summed E-state index contributed by atoms with van der Waals surface area (Å²) in [6.07, 6.45) is 6.49. The molecule has 1 unspecified atom stereocenters. The number of hydrogen-bond acceptors (Lipinski definition) is 2. The Labute approximate surface area is 85.5 Å². The molecule has 0 bridgehead atoms. The number of methoxy groups -OCH3 is 1. The van der Waals surface area contributed by atoms with Crippen LogP contribution in [0, 0.1) is 11.8 Å². The van der Waals surface area contributed by atoms with Gasteiger partial charge in [-0.2, -0.15) is 0 Å². The first-order chi connectivity index (χ1) is 6.75. The van der Waals surface area contributed by atoms with Crippen molar-refractivity contribution in [3.63, 3.8) is 0 Å². The van der Waals surface area contributed by atoms with Gasteiger partial charge in [-0.05, 0) is 25.2 Å². The summed E-state index contributed by atoms with van der Waals surface area (Å²) in [7, 11) is 1.62. The minimum atomic E-state index is -0.644. The average molecular weight is 200 g/mol. The van der Waals surface area contributed by atoms with Gasteiger partial charge < -0.3 is 9.84 Å². The molecule has 0 aromatic rings.